The Hall–Kier alpha value is -3.11. The van der Waals surface area contributed by atoms with Gasteiger partial charge >= 0.3 is 0 Å². The largest absolute Gasteiger partial charge is 0.494 e. The smallest absolute Gasteiger partial charge is 0.227 e. The molecular weight excluding hydrogens is 402 g/mol. The minimum absolute atomic E-state index is 0.201. The summed E-state index contributed by atoms with van der Waals surface area (Å²) in [7, 11) is 3.39. The van der Waals surface area contributed by atoms with Gasteiger partial charge in [-0.05, 0) is 6.07 Å². The lowest BCUT2D eigenvalue weighted by molar-refractivity contribution is 0.300. The monoisotopic (exact) mass is 417 g/mol. The van der Waals surface area contributed by atoms with Gasteiger partial charge in [0.1, 0.15) is 28.6 Å². The number of halogens is 1. The molecule has 0 radical (unpaired) electrons. The Bertz CT molecular complexity index is 1140. The summed E-state index contributed by atoms with van der Waals surface area (Å²) in [5.74, 6) is 1.46. The van der Waals surface area contributed by atoms with Gasteiger partial charge in [-0.2, -0.15) is 5.10 Å². The number of hydrogen-bond acceptors (Lipinski definition) is 9. The van der Waals surface area contributed by atoms with Crippen LogP contribution in [-0.4, -0.2) is 31.8 Å². The molecule has 4 rings (SSSR count). The Morgan fingerprint density at radius 2 is 2.18 bits per heavy atom. The fourth-order valence-corrected chi connectivity index (χ4v) is 3.67. The molecule has 11 heteroatoms. The normalized spacial score (nSPS) is 11.0. The number of nitrogens with two attached hydrogens (primary N) is 1. The first-order chi connectivity index (χ1) is 13.5. The lowest BCUT2D eigenvalue weighted by Gasteiger charge is -2.11. The molecule has 3 aromatic heterocycles. The Morgan fingerprint density at radius 1 is 1.32 bits per heavy atom. The predicted octanol–water partition coefficient (Wildman–Crippen LogP) is 3.39. The van der Waals surface area contributed by atoms with Crippen LogP contribution in [0.2, 0.25) is 5.02 Å². The van der Waals surface area contributed by atoms with Crippen LogP contribution in [-0.2, 0) is 13.7 Å². The van der Waals surface area contributed by atoms with Crippen molar-refractivity contribution in [2.45, 2.75) is 6.61 Å². The minimum atomic E-state index is 0.201. The SMILES string of the molecule is COc1cc(OCc2ccnc(Nc3cnn(C)c3)n2)c(Cl)c2sc(N)nc12. The molecule has 0 unspecified atom stereocenters. The van der Waals surface area contributed by atoms with Crippen molar-refractivity contribution in [3.05, 3.63) is 41.4 Å². The highest BCUT2D eigenvalue weighted by molar-refractivity contribution is 7.22. The number of thiazole rings is 1. The van der Waals surface area contributed by atoms with Crippen LogP contribution in [0.25, 0.3) is 10.2 Å². The number of nitrogen functional groups attached to an aromatic ring is 1. The number of anilines is 3. The Balaban J connectivity index is 1.54. The summed E-state index contributed by atoms with van der Waals surface area (Å²) >= 11 is 7.75. The molecule has 0 aliphatic rings. The summed E-state index contributed by atoms with van der Waals surface area (Å²) in [5.41, 5.74) is 7.89. The van der Waals surface area contributed by atoms with Crippen molar-refractivity contribution >= 4 is 49.9 Å². The first kappa shape index (κ1) is 18.3. The molecule has 3 heterocycles. The highest BCUT2D eigenvalue weighted by Gasteiger charge is 2.17. The van der Waals surface area contributed by atoms with E-state index >= 15 is 0 Å². The van der Waals surface area contributed by atoms with Crippen LogP contribution in [0, 0.1) is 0 Å². The van der Waals surface area contributed by atoms with Gasteiger partial charge in [0.25, 0.3) is 0 Å². The second-order valence-electron chi connectivity index (χ2n) is 5.81. The third-order valence-electron chi connectivity index (χ3n) is 3.82. The number of benzene rings is 1. The zero-order valence-electron chi connectivity index (χ0n) is 15.0. The van der Waals surface area contributed by atoms with Crippen molar-refractivity contribution in [3.63, 3.8) is 0 Å². The highest BCUT2D eigenvalue weighted by Crippen LogP contribution is 2.42. The second kappa shape index (κ2) is 7.49. The molecule has 0 aliphatic carbocycles. The predicted molar refractivity (Wildman–Crippen MR) is 108 cm³/mol. The van der Waals surface area contributed by atoms with Gasteiger partial charge in [-0.3, -0.25) is 4.68 Å². The van der Waals surface area contributed by atoms with E-state index < -0.39 is 0 Å². The molecule has 1 aromatic carbocycles. The van der Waals surface area contributed by atoms with Crippen LogP contribution in [0.5, 0.6) is 11.5 Å². The van der Waals surface area contributed by atoms with E-state index in [1.807, 2.05) is 13.2 Å². The molecule has 0 saturated carbocycles. The van der Waals surface area contributed by atoms with Crippen LogP contribution in [0.1, 0.15) is 5.69 Å². The Morgan fingerprint density at radius 3 is 2.93 bits per heavy atom. The van der Waals surface area contributed by atoms with Gasteiger partial charge in [-0.25, -0.2) is 15.0 Å². The van der Waals surface area contributed by atoms with Gasteiger partial charge < -0.3 is 20.5 Å². The summed E-state index contributed by atoms with van der Waals surface area (Å²) in [5, 5.41) is 8.04. The number of aromatic nitrogens is 5. The van der Waals surface area contributed by atoms with E-state index in [-0.39, 0.29) is 6.61 Å². The molecule has 144 valence electrons. The topological polar surface area (TPSA) is 113 Å². The first-order valence-electron chi connectivity index (χ1n) is 8.16. The number of methoxy groups -OCH3 is 1. The average molecular weight is 418 g/mol. The summed E-state index contributed by atoms with van der Waals surface area (Å²) in [6.45, 7) is 0.201. The molecule has 9 nitrogen and oxygen atoms in total. The minimum Gasteiger partial charge on any atom is -0.494 e. The van der Waals surface area contributed by atoms with Gasteiger partial charge in [-0.1, -0.05) is 22.9 Å². The highest BCUT2D eigenvalue weighted by atomic mass is 35.5. The Labute approximate surface area is 169 Å². The molecule has 0 aliphatic heterocycles. The fraction of sp³-hybridized carbons (Fsp3) is 0.176. The number of rotatable bonds is 6. The lowest BCUT2D eigenvalue weighted by Crippen LogP contribution is -2.03. The van der Waals surface area contributed by atoms with Crippen LogP contribution >= 0.6 is 22.9 Å². The molecule has 0 amide bonds. The third-order valence-corrected chi connectivity index (χ3v) is 5.21. The summed E-state index contributed by atoms with van der Waals surface area (Å²) < 4.78 is 13.7. The molecule has 28 heavy (non-hydrogen) atoms. The lowest BCUT2D eigenvalue weighted by atomic mass is 10.3. The summed E-state index contributed by atoms with van der Waals surface area (Å²) in [4.78, 5) is 12.9. The van der Waals surface area contributed by atoms with E-state index in [1.165, 1.54) is 11.3 Å². The van der Waals surface area contributed by atoms with Crippen LogP contribution in [0.15, 0.2) is 30.7 Å². The van der Waals surface area contributed by atoms with Crippen molar-refractivity contribution in [3.8, 4) is 11.5 Å². The molecule has 0 bridgehead atoms. The van der Waals surface area contributed by atoms with E-state index in [0.29, 0.717) is 38.8 Å². The molecule has 0 atom stereocenters. The van der Waals surface area contributed by atoms with Crippen molar-refractivity contribution in [2.24, 2.45) is 7.05 Å². The summed E-state index contributed by atoms with van der Waals surface area (Å²) in [6, 6.07) is 3.46. The standard InChI is InChI=1S/C17H16ClN7O2S/c1-25-7-10(6-21-25)23-17-20-4-3-9(22-17)8-27-11-5-12(26-2)14-15(13(11)18)28-16(19)24-14/h3-7H,8H2,1-2H3,(H2,19,24)(H,20,22,23). The van der Waals surface area contributed by atoms with Crippen molar-refractivity contribution in [1.82, 2.24) is 24.7 Å². The van der Waals surface area contributed by atoms with Gasteiger partial charge in [0, 0.05) is 25.5 Å². The zero-order chi connectivity index (χ0) is 19.7. The molecule has 0 saturated heterocycles. The first-order valence-corrected chi connectivity index (χ1v) is 9.36. The molecule has 0 spiro atoms. The number of ether oxygens (including phenoxy) is 2. The molecular formula is C17H16ClN7O2S. The zero-order valence-corrected chi connectivity index (χ0v) is 16.6. The van der Waals surface area contributed by atoms with Crippen LogP contribution in [0.3, 0.4) is 0 Å². The summed E-state index contributed by atoms with van der Waals surface area (Å²) in [6.07, 6.45) is 5.17. The van der Waals surface area contributed by atoms with Crippen molar-refractivity contribution in [2.75, 3.05) is 18.2 Å². The van der Waals surface area contributed by atoms with Gasteiger partial charge in [0.2, 0.25) is 5.95 Å². The van der Waals surface area contributed by atoms with Crippen LogP contribution < -0.4 is 20.5 Å². The van der Waals surface area contributed by atoms with E-state index in [1.54, 1.807) is 36.3 Å². The third kappa shape index (κ3) is 3.64. The fourth-order valence-electron chi connectivity index (χ4n) is 2.58. The quantitative estimate of drug-likeness (QED) is 0.490. The van der Waals surface area contributed by atoms with Gasteiger partial charge in [0.15, 0.2) is 5.13 Å². The van der Waals surface area contributed by atoms with E-state index in [2.05, 4.69) is 25.4 Å². The number of nitrogens with one attached hydrogen (secondary N) is 1. The van der Waals surface area contributed by atoms with Gasteiger partial charge in [0.05, 0.1) is 29.4 Å². The van der Waals surface area contributed by atoms with E-state index in [9.17, 15) is 0 Å². The number of hydrogen-bond donors (Lipinski definition) is 2. The van der Waals surface area contributed by atoms with Gasteiger partial charge in [-0.15, -0.1) is 0 Å². The number of aryl methyl sites for hydroxylation is 1. The van der Waals surface area contributed by atoms with Crippen molar-refractivity contribution < 1.29 is 9.47 Å². The number of fused-ring (bicyclic) bond motifs is 1. The Kier molecular flexibility index (Phi) is 4.88. The maximum Gasteiger partial charge on any atom is 0.227 e. The number of nitrogens with zero attached hydrogens (tertiary/aromatic N) is 5. The molecule has 3 N–H and O–H groups in total. The maximum atomic E-state index is 6.47. The maximum absolute atomic E-state index is 6.47. The second-order valence-corrected chi connectivity index (χ2v) is 7.22. The van der Waals surface area contributed by atoms with Crippen molar-refractivity contribution in [1.29, 1.82) is 0 Å². The van der Waals surface area contributed by atoms with Crippen LogP contribution in [0.4, 0.5) is 16.8 Å². The molecule has 4 aromatic rings. The average Bonchev–Trinajstić information content (AvgIpc) is 3.27. The van der Waals surface area contributed by atoms with E-state index in [4.69, 9.17) is 26.8 Å². The van der Waals surface area contributed by atoms with E-state index in [0.717, 1.165) is 10.4 Å². The molecule has 0 fully saturated rings.